The standard InChI is InChI=1S/C17H27N3O4/c1-20(10-15(22)23)14(21)2-3-18-16(24)19-17-7-11-4-12(8-17)6-13(5-11)9-17/h11-13H,2-10H2,1H3,(H,22,23)(H2,18,19,24). The molecule has 134 valence electrons. The van der Waals surface area contributed by atoms with Crippen molar-refractivity contribution in [3.63, 3.8) is 0 Å². The number of likely N-dealkylation sites (N-methyl/N-ethyl adjacent to an activating group) is 1. The fraction of sp³-hybridized carbons (Fsp3) is 0.824. The molecule has 0 atom stereocenters. The zero-order valence-electron chi connectivity index (χ0n) is 14.2. The van der Waals surface area contributed by atoms with E-state index in [-0.39, 0.29) is 37.0 Å². The number of carbonyl (C=O) groups is 3. The van der Waals surface area contributed by atoms with Crippen LogP contribution in [0.25, 0.3) is 0 Å². The van der Waals surface area contributed by atoms with Gasteiger partial charge in [-0.05, 0) is 56.3 Å². The van der Waals surface area contributed by atoms with Gasteiger partial charge in [0.1, 0.15) is 6.54 Å². The molecule has 0 spiro atoms. The van der Waals surface area contributed by atoms with Crippen molar-refractivity contribution in [2.45, 2.75) is 50.5 Å². The van der Waals surface area contributed by atoms with Crippen LogP contribution in [0.4, 0.5) is 4.79 Å². The zero-order valence-corrected chi connectivity index (χ0v) is 14.2. The number of nitrogens with one attached hydrogen (secondary N) is 2. The van der Waals surface area contributed by atoms with Crippen molar-refractivity contribution < 1.29 is 19.5 Å². The number of carboxylic acid groups (broad SMARTS) is 1. The first-order chi connectivity index (χ1) is 11.3. The van der Waals surface area contributed by atoms with E-state index in [1.807, 2.05) is 0 Å². The lowest BCUT2D eigenvalue weighted by Gasteiger charge is -2.56. The Morgan fingerprint density at radius 3 is 2.12 bits per heavy atom. The van der Waals surface area contributed by atoms with Crippen molar-refractivity contribution in [2.24, 2.45) is 17.8 Å². The highest BCUT2D eigenvalue weighted by Gasteiger charge is 2.51. The van der Waals surface area contributed by atoms with Crippen LogP contribution < -0.4 is 10.6 Å². The lowest BCUT2D eigenvalue weighted by atomic mass is 9.53. The summed E-state index contributed by atoms with van der Waals surface area (Å²) >= 11 is 0. The first kappa shape index (κ1) is 17.0. The molecule has 0 unspecified atom stereocenters. The van der Waals surface area contributed by atoms with Gasteiger partial charge in [0.15, 0.2) is 0 Å². The summed E-state index contributed by atoms with van der Waals surface area (Å²) in [5, 5.41) is 14.6. The van der Waals surface area contributed by atoms with Crippen LogP contribution in [0.2, 0.25) is 0 Å². The Labute approximate surface area is 142 Å². The number of nitrogens with zero attached hydrogens (tertiary/aromatic N) is 1. The van der Waals surface area contributed by atoms with E-state index in [1.54, 1.807) is 0 Å². The SMILES string of the molecule is CN(CC(=O)O)C(=O)CCNC(=O)NC12CC3CC(CC(C3)C1)C2. The van der Waals surface area contributed by atoms with E-state index in [0.29, 0.717) is 0 Å². The van der Waals surface area contributed by atoms with E-state index < -0.39 is 5.97 Å². The highest BCUT2D eigenvalue weighted by Crippen LogP contribution is 2.55. The number of amides is 3. The van der Waals surface area contributed by atoms with Crippen LogP contribution in [0, 0.1) is 17.8 Å². The fourth-order valence-corrected chi connectivity index (χ4v) is 5.31. The maximum atomic E-state index is 12.2. The normalized spacial score (nSPS) is 33.1. The van der Waals surface area contributed by atoms with Gasteiger partial charge in [-0.25, -0.2) is 4.79 Å². The predicted molar refractivity (Wildman–Crippen MR) is 87.3 cm³/mol. The first-order valence-electron chi connectivity index (χ1n) is 8.87. The zero-order chi connectivity index (χ0) is 17.3. The Morgan fingerprint density at radius 1 is 1.08 bits per heavy atom. The second-order valence-electron chi connectivity index (χ2n) is 7.97. The van der Waals surface area contributed by atoms with Crippen LogP contribution in [-0.2, 0) is 9.59 Å². The quantitative estimate of drug-likeness (QED) is 0.678. The first-order valence-corrected chi connectivity index (χ1v) is 8.87. The molecule has 0 heterocycles. The monoisotopic (exact) mass is 337 g/mol. The van der Waals surface area contributed by atoms with Crippen molar-refractivity contribution in [1.82, 2.24) is 15.5 Å². The highest BCUT2D eigenvalue weighted by molar-refractivity contribution is 5.82. The number of rotatable bonds is 6. The molecule has 0 radical (unpaired) electrons. The van der Waals surface area contributed by atoms with Crippen LogP contribution in [0.5, 0.6) is 0 Å². The van der Waals surface area contributed by atoms with Crippen molar-refractivity contribution in [1.29, 1.82) is 0 Å². The molecular formula is C17H27N3O4. The molecule has 4 fully saturated rings. The topological polar surface area (TPSA) is 98.7 Å². The third-order valence-electron chi connectivity index (χ3n) is 5.84. The largest absolute Gasteiger partial charge is 0.480 e. The molecule has 0 saturated heterocycles. The molecule has 4 bridgehead atoms. The summed E-state index contributed by atoms with van der Waals surface area (Å²) in [6.07, 6.45) is 7.36. The molecular weight excluding hydrogens is 310 g/mol. The fourth-order valence-electron chi connectivity index (χ4n) is 5.31. The number of carboxylic acids is 1. The molecule has 4 rings (SSSR count). The van der Waals surface area contributed by atoms with Crippen LogP contribution in [-0.4, -0.2) is 53.6 Å². The van der Waals surface area contributed by atoms with Crippen molar-refractivity contribution in [3.05, 3.63) is 0 Å². The van der Waals surface area contributed by atoms with E-state index in [9.17, 15) is 14.4 Å². The lowest BCUT2D eigenvalue weighted by molar-refractivity contribution is -0.143. The number of carbonyl (C=O) groups excluding carboxylic acids is 2. The summed E-state index contributed by atoms with van der Waals surface area (Å²) < 4.78 is 0. The second-order valence-corrected chi connectivity index (χ2v) is 7.97. The molecule has 7 nitrogen and oxygen atoms in total. The molecule has 0 aliphatic heterocycles. The smallest absolute Gasteiger partial charge is 0.323 e. The van der Waals surface area contributed by atoms with E-state index in [2.05, 4.69) is 10.6 Å². The van der Waals surface area contributed by atoms with Gasteiger partial charge in [-0.2, -0.15) is 0 Å². The molecule has 4 aliphatic rings. The maximum Gasteiger partial charge on any atom is 0.323 e. The molecule has 0 aromatic heterocycles. The van der Waals surface area contributed by atoms with Crippen molar-refractivity contribution in [3.8, 4) is 0 Å². The summed E-state index contributed by atoms with van der Waals surface area (Å²) in [4.78, 5) is 35.7. The van der Waals surface area contributed by atoms with E-state index in [0.717, 1.165) is 41.9 Å². The summed E-state index contributed by atoms with van der Waals surface area (Å²) in [5.74, 6) is 0.972. The molecule has 0 aromatic carbocycles. The number of hydrogen-bond acceptors (Lipinski definition) is 3. The Kier molecular flexibility index (Phi) is 4.69. The molecule has 3 N–H and O–H groups in total. The summed E-state index contributed by atoms with van der Waals surface area (Å²) in [6, 6.07) is -0.203. The summed E-state index contributed by atoms with van der Waals surface area (Å²) in [6.45, 7) is -0.0979. The third-order valence-corrected chi connectivity index (χ3v) is 5.84. The average Bonchev–Trinajstić information content (AvgIpc) is 2.44. The van der Waals surface area contributed by atoms with Gasteiger partial charge in [0.05, 0.1) is 0 Å². The minimum absolute atomic E-state index is 0.0387. The Bertz CT molecular complexity index is 499. The minimum Gasteiger partial charge on any atom is -0.480 e. The Balaban J connectivity index is 1.42. The van der Waals surface area contributed by atoms with Crippen LogP contribution in [0.1, 0.15) is 44.9 Å². The van der Waals surface area contributed by atoms with Gasteiger partial charge in [-0.15, -0.1) is 0 Å². The van der Waals surface area contributed by atoms with Gasteiger partial charge in [-0.3, -0.25) is 9.59 Å². The molecule has 7 heteroatoms. The third kappa shape index (κ3) is 3.82. The Hall–Kier alpha value is -1.79. The maximum absolute atomic E-state index is 12.2. The van der Waals surface area contributed by atoms with E-state index in [4.69, 9.17) is 5.11 Å². The van der Waals surface area contributed by atoms with Crippen LogP contribution in [0.15, 0.2) is 0 Å². The van der Waals surface area contributed by atoms with Gasteiger partial charge < -0.3 is 20.6 Å². The van der Waals surface area contributed by atoms with Crippen molar-refractivity contribution in [2.75, 3.05) is 20.1 Å². The predicted octanol–water partition coefficient (Wildman–Crippen LogP) is 1.19. The summed E-state index contributed by atoms with van der Waals surface area (Å²) in [5.41, 5.74) is -0.0387. The van der Waals surface area contributed by atoms with Gasteiger partial charge >= 0.3 is 12.0 Å². The Morgan fingerprint density at radius 2 is 1.62 bits per heavy atom. The molecule has 4 saturated carbocycles. The average molecular weight is 337 g/mol. The minimum atomic E-state index is -1.04. The van der Waals surface area contributed by atoms with Gasteiger partial charge in [-0.1, -0.05) is 0 Å². The number of urea groups is 1. The van der Waals surface area contributed by atoms with E-state index in [1.165, 1.54) is 26.3 Å². The van der Waals surface area contributed by atoms with Crippen LogP contribution >= 0.6 is 0 Å². The van der Waals surface area contributed by atoms with Gasteiger partial charge in [0, 0.05) is 25.6 Å². The summed E-state index contributed by atoms with van der Waals surface area (Å²) in [7, 11) is 1.45. The lowest BCUT2D eigenvalue weighted by Crippen LogP contribution is -2.61. The van der Waals surface area contributed by atoms with Crippen LogP contribution in [0.3, 0.4) is 0 Å². The number of aliphatic carboxylic acids is 1. The van der Waals surface area contributed by atoms with Gasteiger partial charge in [0.25, 0.3) is 0 Å². The molecule has 24 heavy (non-hydrogen) atoms. The van der Waals surface area contributed by atoms with Gasteiger partial charge in [0.2, 0.25) is 5.91 Å². The number of hydrogen-bond donors (Lipinski definition) is 3. The van der Waals surface area contributed by atoms with E-state index >= 15 is 0 Å². The highest BCUT2D eigenvalue weighted by atomic mass is 16.4. The molecule has 0 aromatic rings. The van der Waals surface area contributed by atoms with Crippen molar-refractivity contribution >= 4 is 17.9 Å². The molecule has 4 aliphatic carbocycles. The second kappa shape index (κ2) is 6.61. The molecule has 3 amide bonds.